The van der Waals surface area contributed by atoms with Gasteiger partial charge in [0.05, 0.1) is 12.1 Å². The van der Waals surface area contributed by atoms with Gasteiger partial charge in [0.1, 0.15) is 5.82 Å². The Morgan fingerprint density at radius 2 is 1.89 bits per heavy atom. The van der Waals surface area contributed by atoms with Crippen molar-refractivity contribution in [2.75, 3.05) is 5.32 Å². The monoisotopic (exact) mass is 256 g/mol. The summed E-state index contributed by atoms with van der Waals surface area (Å²) < 4.78 is 14.0. The zero-order chi connectivity index (χ0) is 13.6. The van der Waals surface area contributed by atoms with Crippen LogP contribution in [0.25, 0.3) is 11.1 Å². The van der Waals surface area contributed by atoms with Gasteiger partial charge in [0, 0.05) is 12.4 Å². The second-order valence-corrected chi connectivity index (χ2v) is 4.87. The van der Waals surface area contributed by atoms with Gasteiger partial charge < -0.3 is 5.32 Å². The van der Waals surface area contributed by atoms with E-state index in [1.807, 2.05) is 19.9 Å². The molecular weight excluding hydrogens is 243 g/mol. The highest BCUT2D eigenvalue weighted by Crippen LogP contribution is 2.34. The third-order valence-corrected chi connectivity index (χ3v) is 3.40. The van der Waals surface area contributed by atoms with Crippen LogP contribution in [0.15, 0.2) is 24.5 Å². The Balaban J connectivity index is 2.21. The highest BCUT2D eigenvalue weighted by molar-refractivity contribution is 6.00. The molecule has 1 N–H and O–H groups in total. The van der Waals surface area contributed by atoms with Crippen LogP contribution < -0.4 is 5.32 Å². The molecule has 4 heteroatoms. The average molecular weight is 256 g/mol. The standard InChI is InChI=1S/C15H13FN2O/c1-8-6-17-7-9(2)14(8)10-3-11-5-13(19)18-15(11)12(16)4-10/h3-4,6-7H,5H2,1-2H3,(H,18,19). The number of fused-ring (bicyclic) bond motifs is 1. The molecule has 2 heterocycles. The molecule has 0 radical (unpaired) electrons. The minimum atomic E-state index is -0.381. The number of amides is 1. The summed E-state index contributed by atoms with van der Waals surface area (Å²) in [6, 6.07) is 3.35. The summed E-state index contributed by atoms with van der Waals surface area (Å²) in [6.07, 6.45) is 3.76. The normalized spacial score (nSPS) is 13.3. The number of nitrogens with zero attached hydrogens (tertiary/aromatic N) is 1. The van der Waals surface area contributed by atoms with E-state index in [-0.39, 0.29) is 18.1 Å². The van der Waals surface area contributed by atoms with E-state index >= 15 is 0 Å². The minimum Gasteiger partial charge on any atom is -0.323 e. The highest BCUT2D eigenvalue weighted by Gasteiger charge is 2.22. The first kappa shape index (κ1) is 11.8. The van der Waals surface area contributed by atoms with E-state index in [2.05, 4.69) is 10.3 Å². The summed E-state index contributed by atoms with van der Waals surface area (Å²) in [7, 11) is 0. The van der Waals surface area contributed by atoms with E-state index in [0.717, 1.165) is 27.8 Å². The largest absolute Gasteiger partial charge is 0.323 e. The number of carbonyl (C=O) groups excluding carboxylic acids is 1. The molecule has 2 aromatic rings. The molecule has 0 spiro atoms. The van der Waals surface area contributed by atoms with E-state index in [1.165, 1.54) is 6.07 Å². The third-order valence-electron chi connectivity index (χ3n) is 3.40. The van der Waals surface area contributed by atoms with Crippen molar-refractivity contribution in [3.05, 3.63) is 47.0 Å². The zero-order valence-corrected chi connectivity index (χ0v) is 10.7. The number of rotatable bonds is 1. The molecule has 1 aromatic heterocycles. The Morgan fingerprint density at radius 3 is 2.58 bits per heavy atom. The van der Waals surface area contributed by atoms with Crippen LogP contribution in [-0.2, 0) is 11.2 Å². The molecule has 0 bridgehead atoms. The first-order valence-electron chi connectivity index (χ1n) is 6.10. The fourth-order valence-electron chi connectivity index (χ4n) is 2.60. The van der Waals surface area contributed by atoms with E-state index in [9.17, 15) is 9.18 Å². The molecule has 0 fully saturated rings. The Kier molecular flexibility index (Phi) is 2.59. The smallest absolute Gasteiger partial charge is 0.228 e. The van der Waals surface area contributed by atoms with Crippen LogP contribution in [0.3, 0.4) is 0 Å². The number of anilines is 1. The van der Waals surface area contributed by atoms with Crippen LogP contribution in [-0.4, -0.2) is 10.9 Å². The van der Waals surface area contributed by atoms with Gasteiger partial charge in [-0.25, -0.2) is 4.39 Å². The lowest BCUT2D eigenvalue weighted by atomic mass is 9.96. The first-order chi connectivity index (χ1) is 9.06. The van der Waals surface area contributed by atoms with Gasteiger partial charge in [-0.15, -0.1) is 0 Å². The van der Waals surface area contributed by atoms with E-state index in [4.69, 9.17) is 0 Å². The lowest BCUT2D eigenvalue weighted by molar-refractivity contribution is -0.115. The van der Waals surface area contributed by atoms with Crippen molar-refractivity contribution in [3.63, 3.8) is 0 Å². The van der Waals surface area contributed by atoms with Crippen molar-refractivity contribution in [2.45, 2.75) is 20.3 Å². The molecule has 1 aliphatic heterocycles. The van der Waals surface area contributed by atoms with Crippen LogP contribution >= 0.6 is 0 Å². The number of aromatic nitrogens is 1. The quantitative estimate of drug-likeness (QED) is 0.852. The number of hydrogen-bond donors (Lipinski definition) is 1. The van der Waals surface area contributed by atoms with E-state index in [0.29, 0.717) is 5.69 Å². The highest BCUT2D eigenvalue weighted by atomic mass is 19.1. The van der Waals surface area contributed by atoms with E-state index in [1.54, 1.807) is 12.4 Å². The molecule has 1 amide bonds. The van der Waals surface area contributed by atoms with Crippen LogP contribution in [0.5, 0.6) is 0 Å². The molecule has 0 unspecified atom stereocenters. The third kappa shape index (κ3) is 1.89. The second-order valence-electron chi connectivity index (χ2n) is 4.87. The molecule has 96 valence electrons. The molecule has 0 atom stereocenters. The van der Waals surface area contributed by atoms with Crippen molar-refractivity contribution in [1.82, 2.24) is 4.98 Å². The maximum absolute atomic E-state index is 14.0. The number of pyridine rings is 1. The van der Waals surface area contributed by atoms with Crippen molar-refractivity contribution in [3.8, 4) is 11.1 Å². The fourth-order valence-corrected chi connectivity index (χ4v) is 2.60. The Hall–Kier alpha value is -2.23. The lowest BCUT2D eigenvalue weighted by Crippen LogP contribution is -2.04. The SMILES string of the molecule is Cc1cncc(C)c1-c1cc(F)c2c(c1)CC(=O)N2. The predicted molar refractivity (Wildman–Crippen MR) is 71.4 cm³/mol. The van der Waals surface area contributed by atoms with Crippen molar-refractivity contribution >= 4 is 11.6 Å². The second kappa shape index (κ2) is 4.16. The van der Waals surface area contributed by atoms with Gasteiger partial charge in [0.25, 0.3) is 0 Å². The van der Waals surface area contributed by atoms with Crippen molar-refractivity contribution in [2.24, 2.45) is 0 Å². The summed E-state index contributed by atoms with van der Waals surface area (Å²) >= 11 is 0. The van der Waals surface area contributed by atoms with Gasteiger partial charge in [-0.3, -0.25) is 9.78 Å². The number of benzene rings is 1. The Labute approximate surface area is 110 Å². The summed E-state index contributed by atoms with van der Waals surface area (Å²) in [5.74, 6) is -0.539. The van der Waals surface area contributed by atoms with Crippen molar-refractivity contribution < 1.29 is 9.18 Å². The van der Waals surface area contributed by atoms with Gasteiger partial charge in [-0.2, -0.15) is 0 Å². The van der Waals surface area contributed by atoms with Gasteiger partial charge in [0.15, 0.2) is 0 Å². The van der Waals surface area contributed by atoms with Crippen LogP contribution in [0, 0.1) is 19.7 Å². The average Bonchev–Trinajstić information content (AvgIpc) is 2.70. The molecule has 3 nitrogen and oxygen atoms in total. The number of nitrogens with one attached hydrogen (secondary N) is 1. The molecule has 1 aromatic carbocycles. The van der Waals surface area contributed by atoms with Gasteiger partial charge >= 0.3 is 0 Å². The molecule has 3 rings (SSSR count). The molecule has 0 aliphatic carbocycles. The predicted octanol–water partition coefficient (Wildman–Crippen LogP) is 3.00. The van der Waals surface area contributed by atoms with Crippen LogP contribution in [0.1, 0.15) is 16.7 Å². The molecular formula is C15H13FN2O. The Morgan fingerprint density at radius 1 is 1.21 bits per heavy atom. The molecule has 0 saturated carbocycles. The van der Waals surface area contributed by atoms with E-state index < -0.39 is 0 Å². The maximum atomic E-state index is 14.0. The molecule has 19 heavy (non-hydrogen) atoms. The number of halogens is 1. The minimum absolute atomic E-state index is 0.158. The summed E-state index contributed by atoms with van der Waals surface area (Å²) in [4.78, 5) is 15.5. The number of hydrogen-bond acceptors (Lipinski definition) is 2. The first-order valence-corrected chi connectivity index (χ1v) is 6.10. The number of aryl methyl sites for hydroxylation is 2. The maximum Gasteiger partial charge on any atom is 0.228 e. The summed E-state index contributed by atoms with van der Waals surface area (Å²) in [5, 5.41) is 2.55. The molecule has 1 aliphatic rings. The van der Waals surface area contributed by atoms with Gasteiger partial charge in [0.2, 0.25) is 5.91 Å². The fraction of sp³-hybridized carbons (Fsp3) is 0.200. The van der Waals surface area contributed by atoms with Crippen LogP contribution in [0.2, 0.25) is 0 Å². The lowest BCUT2D eigenvalue weighted by Gasteiger charge is -2.11. The number of carbonyl (C=O) groups is 1. The topological polar surface area (TPSA) is 42.0 Å². The zero-order valence-electron chi connectivity index (χ0n) is 10.7. The van der Waals surface area contributed by atoms with Crippen LogP contribution in [0.4, 0.5) is 10.1 Å². The summed E-state index contributed by atoms with van der Waals surface area (Å²) in [5.41, 5.74) is 4.81. The van der Waals surface area contributed by atoms with Gasteiger partial charge in [-0.1, -0.05) is 0 Å². The van der Waals surface area contributed by atoms with Crippen molar-refractivity contribution in [1.29, 1.82) is 0 Å². The van der Waals surface area contributed by atoms with Gasteiger partial charge in [-0.05, 0) is 53.8 Å². The molecule has 0 saturated heterocycles. The summed E-state index contributed by atoms with van der Waals surface area (Å²) in [6.45, 7) is 3.90. The Bertz CT molecular complexity index is 675.